The van der Waals surface area contributed by atoms with Crippen LogP contribution in [0.3, 0.4) is 0 Å². The third-order valence-corrected chi connectivity index (χ3v) is 6.08. The van der Waals surface area contributed by atoms with E-state index >= 15 is 0 Å². The van der Waals surface area contributed by atoms with Crippen molar-refractivity contribution in [2.75, 3.05) is 26.2 Å². The van der Waals surface area contributed by atoms with Crippen LogP contribution in [0.5, 0.6) is 5.75 Å². The highest BCUT2D eigenvalue weighted by atomic mass is 35.5. The molecule has 0 radical (unpaired) electrons. The van der Waals surface area contributed by atoms with E-state index in [0.717, 1.165) is 18.8 Å². The first-order valence-electron chi connectivity index (χ1n) is 10.4. The zero-order valence-corrected chi connectivity index (χ0v) is 19.1. The first kappa shape index (κ1) is 23.7. The predicted octanol–water partition coefficient (Wildman–Crippen LogP) is 5.55. The number of hydrogen-bond donors (Lipinski definition) is 1. The van der Waals surface area contributed by atoms with Gasteiger partial charge in [-0.1, -0.05) is 32.8 Å². The van der Waals surface area contributed by atoms with Gasteiger partial charge in [0, 0.05) is 17.0 Å². The van der Waals surface area contributed by atoms with E-state index in [4.69, 9.17) is 4.74 Å². The van der Waals surface area contributed by atoms with Crippen LogP contribution in [0.4, 0.5) is 0 Å². The van der Waals surface area contributed by atoms with Crippen LogP contribution in [0.1, 0.15) is 60.8 Å². The van der Waals surface area contributed by atoms with Crippen LogP contribution in [-0.2, 0) is 0 Å². The molecule has 0 saturated carbocycles. The molecule has 2 heterocycles. The molecule has 0 spiro atoms. The highest BCUT2D eigenvalue weighted by Gasteiger charge is 2.23. The van der Waals surface area contributed by atoms with Crippen LogP contribution in [-0.4, -0.2) is 37.0 Å². The van der Waals surface area contributed by atoms with E-state index in [9.17, 15) is 4.79 Å². The Morgan fingerprint density at radius 2 is 1.79 bits per heavy atom. The number of benzene rings is 1. The van der Waals surface area contributed by atoms with Crippen LogP contribution in [0.2, 0.25) is 0 Å². The maximum absolute atomic E-state index is 12.7. The van der Waals surface area contributed by atoms with Crippen molar-refractivity contribution >= 4 is 29.7 Å². The second-order valence-electron chi connectivity index (χ2n) is 7.92. The van der Waals surface area contributed by atoms with E-state index in [1.54, 1.807) is 11.3 Å². The number of halogens is 1. The minimum absolute atomic E-state index is 0. The molecule has 1 fully saturated rings. The Morgan fingerprint density at radius 1 is 1.10 bits per heavy atom. The van der Waals surface area contributed by atoms with E-state index in [0.29, 0.717) is 24.6 Å². The van der Waals surface area contributed by atoms with Crippen LogP contribution in [0, 0.1) is 5.92 Å². The van der Waals surface area contributed by atoms with Gasteiger partial charge in [-0.2, -0.15) is 0 Å². The summed E-state index contributed by atoms with van der Waals surface area (Å²) in [6.07, 6.45) is 5.11. The molecule has 6 heteroatoms. The Balaban J connectivity index is 0.00000300. The number of carbonyl (C=O) groups is 1. The zero-order chi connectivity index (χ0) is 19.8. The van der Waals surface area contributed by atoms with Gasteiger partial charge in [0.25, 0.3) is 5.91 Å². The molecule has 1 N–H and O–H groups in total. The lowest BCUT2D eigenvalue weighted by molar-refractivity contribution is 0.0934. The summed E-state index contributed by atoms with van der Waals surface area (Å²) in [5.74, 6) is 1.27. The molecule has 3 rings (SSSR count). The summed E-state index contributed by atoms with van der Waals surface area (Å²) in [5.41, 5.74) is 0.678. The number of hydrogen-bond acceptors (Lipinski definition) is 4. The Labute approximate surface area is 185 Å². The van der Waals surface area contributed by atoms with Crippen LogP contribution >= 0.6 is 23.7 Å². The van der Waals surface area contributed by atoms with Gasteiger partial charge in [-0.3, -0.25) is 9.69 Å². The number of nitrogens with one attached hydrogen (secondary N) is 1. The van der Waals surface area contributed by atoms with Crippen molar-refractivity contribution < 1.29 is 9.53 Å². The molecule has 1 atom stereocenters. The molecule has 0 aliphatic carbocycles. The van der Waals surface area contributed by atoms with Crippen molar-refractivity contribution in [3.8, 4) is 5.75 Å². The van der Waals surface area contributed by atoms with Crippen LogP contribution in [0.15, 0.2) is 41.8 Å². The highest BCUT2D eigenvalue weighted by Crippen LogP contribution is 2.27. The van der Waals surface area contributed by atoms with Gasteiger partial charge in [0.05, 0.1) is 12.6 Å². The fourth-order valence-electron chi connectivity index (χ4n) is 3.55. The largest absolute Gasteiger partial charge is 0.493 e. The van der Waals surface area contributed by atoms with Crippen molar-refractivity contribution in [3.63, 3.8) is 0 Å². The average molecular weight is 437 g/mol. The van der Waals surface area contributed by atoms with Gasteiger partial charge >= 0.3 is 0 Å². The molecule has 1 unspecified atom stereocenters. The van der Waals surface area contributed by atoms with Gasteiger partial charge in [0.15, 0.2) is 0 Å². The summed E-state index contributed by atoms with van der Waals surface area (Å²) in [7, 11) is 0. The lowest BCUT2D eigenvalue weighted by Gasteiger charge is -2.30. The van der Waals surface area contributed by atoms with Crippen molar-refractivity contribution in [2.45, 2.75) is 45.6 Å². The molecule has 2 aromatic rings. The SMILES string of the molecule is CC(C)COc1ccc(C(=O)NCC(c2cccs2)N2CCCCCC2)cc1.Cl. The van der Waals surface area contributed by atoms with Crippen molar-refractivity contribution in [2.24, 2.45) is 5.92 Å². The molecule has 160 valence electrons. The van der Waals surface area contributed by atoms with E-state index in [1.807, 2.05) is 24.3 Å². The maximum Gasteiger partial charge on any atom is 0.251 e. The zero-order valence-electron chi connectivity index (χ0n) is 17.4. The number of thiophene rings is 1. The molecule has 4 nitrogen and oxygen atoms in total. The molecule has 1 aliphatic rings. The first-order valence-corrected chi connectivity index (χ1v) is 11.3. The van der Waals surface area contributed by atoms with Gasteiger partial charge in [0.2, 0.25) is 0 Å². The molecular formula is C23H33ClN2O2S. The van der Waals surface area contributed by atoms with Crippen LogP contribution < -0.4 is 10.1 Å². The summed E-state index contributed by atoms with van der Waals surface area (Å²) in [5, 5.41) is 5.28. The minimum Gasteiger partial charge on any atom is -0.493 e. The Bertz CT molecular complexity index is 711. The first-order chi connectivity index (χ1) is 13.6. The minimum atomic E-state index is -0.0215. The summed E-state index contributed by atoms with van der Waals surface area (Å²) in [4.78, 5) is 16.6. The summed E-state index contributed by atoms with van der Waals surface area (Å²) in [6.45, 7) is 7.79. The molecule has 1 amide bonds. The summed E-state index contributed by atoms with van der Waals surface area (Å²) >= 11 is 1.78. The molecule has 1 aliphatic heterocycles. The molecule has 0 bridgehead atoms. The van der Waals surface area contributed by atoms with Gasteiger partial charge in [-0.25, -0.2) is 0 Å². The van der Waals surface area contributed by atoms with Crippen molar-refractivity contribution in [1.29, 1.82) is 0 Å². The number of amides is 1. The topological polar surface area (TPSA) is 41.6 Å². The Hall–Kier alpha value is -1.56. The Morgan fingerprint density at radius 3 is 2.38 bits per heavy atom. The maximum atomic E-state index is 12.7. The van der Waals surface area contributed by atoms with Gasteiger partial charge in [0.1, 0.15) is 5.75 Å². The highest BCUT2D eigenvalue weighted by molar-refractivity contribution is 7.10. The predicted molar refractivity (Wildman–Crippen MR) is 123 cm³/mol. The van der Waals surface area contributed by atoms with E-state index in [-0.39, 0.29) is 24.4 Å². The number of nitrogens with zero attached hydrogens (tertiary/aromatic N) is 1. The second-order valence-corrected chi connectivity index (χ2v) is 8.90. The molecular weight excluding hydrogens is 404 g/mol. The molecule has 1 saturated heterocycles. The fraction of sp³-hybridized carbons (Fsp3) is 0.522. The number of carbonyl (C=O) groups excluding carboxylic acids is 1. The summed E-state index contributed by atoms with van der Waals surface area (Å²) in [6, 6.07) is 12.0. The summed E-state index contributed by atoms with van der Waals surface area (Å²) < 4.78 is 5.70. The molecule has 29 heavy (non-hydrogen) atoms. The number of rotatable bonds is 8. The molecule has 1 aromatic heterocycles. The fourth-order valence-corrected chi connectivity index (χ4v) is 4.42. The number of likely N-dealkylation sites (tertiary alicyclic amines) is 1. The van der Waals surface area contributed by atoms with Gasteiger partial charge in [-0.05, 0) is 67.6 Å². The smallest absolute Gasteiger partial charge is 0.251 e. The number of ether oxygens (including phenoxy) is 1. The van der Waals surface area contributed by atoms with Crippen LogP contribution in [0.25, 0.3) is 0 Å². The van der Waals surface area contributed by atoms with E-state index < -0.39 is 0 Å². The quantitative estimate of drug-likeness (QED) is 0.589. The second kappa shape index (κ2) is 12.2. The monoisotopic (exact) mass is 436 g/mol. The lowest BCUT2D eigenvalue weighted by Crippen LogP contribution is -2.38. The third-order valence-electron chi connectivity index (χ3n) is 5.11. The lowest BCUT2D eigenvalue weighted by atomic mass is 10.1. The van der Waals surface area contributed by atoms with E-state index in [1.165, 1.54) is 30.6 Å². The van der Waals surface area contributed by atoms with Gasteiger partial charge < -0.3 is 10.1 Å². The van der Waals surface area contributed by atoms with E-state index in [2.05, 4.69) is 41.6 Å². The van der Waals surface area contributed by atoms with Crippen molar-refractivity contribution in [1.82, 2.24) is 10.2 Å². The van der Waals surface area contributed by atoms with Crippen molar-refractivity contribution in [3.05, 3.63) is 52.2 Å². The molecule has 1 aromatic carbocycles. The Kier molecular flexibility index (Phi) is 9.98. The normalized spacial score (nSPS) is 16.0. The standard InChI is InChI=1S/C23H32N2O2S.ClH/c1-18(2)17-27-20-11-9-19(10-12-20)23(26)24-16-21(22-8-7-15-28-22)25-13-5-3-4-6-14-25;/h7-12,15,18,21H,3-6,13-14,16-17H2,1-2H3,(H,24,26);1H. The third kappa shape index (κ3) is 7.32. The average Bonchev–Trinajstić information content (AvgIpc) is 3.09. The van der Waals surface area contributed by atoms with Gasteiger partial charge in [-0.15, -0.1) is 23.7 Å².